The first-order valence-electron chi connectivity index (χ1n) is 6.73. The Morgan fingerprint density at radius 3 is 2.89 bits per heavy atom. The third kappa shape index (κ3) is 3.55. The van der Waals surface area contributed by atoms with Crippen molar-refractivity contribution in [3.8, 4) is 0 Å². The third-order valence-corrected chi connectivity index (χ3v) is 3.81. The fourth-order valence-electron chi connectivity index (χ4n) is 2.56. The van der Waals surface area contributed by atoms with Crippen molar-refractivity contribution in [3.63, 3.8) is 0 Å². The standard InChI is InChI=1S/C15H24N2O/c1-12-6-7-17(10-15(12)16)9-13-4-3-5-14(8-13)11-18-2/h3-5,8,12,15H,6-7,9-11,16H2,1-2H3. The molecular formula is C15H24N2O. The first-order valence-corrected chi connectivity index (χ1v) is 6.73. The van der Waals surface area contributed by atoms with Gasteiger partial charge in [0.15, 0.2) is 0 Å². The Kier molecular flexibility index (Phi) is 4.75. The maximum Gasteiger partial charge on any atom is 0.0713 e. The van der Waals surface area contributed by atoms with E-state index in [9.17, 15) is 0 Å². The minimum atomic E-state index is 0.320. The van der Waals surface area contributed by atoms with Gasteiger partial charge in [-0.3, -0.25) is 4.90 Å². The summed E-state index contributed by atoms with van der Waals surface area (Å²) in [4.78, 5) is 2.45. The molecule has 0 amide bonds. The lowest BCUT2D eigenvalue weighted by Crippen LogP contribution is -2.47. The van der Waals surface area contributed by atoms with Crippen molar-refractivity contribution in [2.24, 2.45) is 11.7 Å². The van der Waals surface area contributed by atoms with Gasteiger partial charge in [0.2, 0.25) is 0 Å². The van der Waals surface area contributed by atoms with E-state index in [0.29, 0.717) is 18.6 Å². The van der Waals surface area contributed by atoms with Crippen LogP contribution in [0.15, 0.2) is 24.3 Å². The summed E-state index contributed by atoms with van der Waals surface area (Å²) in [6.45, 7) is 6.10. The molecule has 0 aromatic heterocycles. The average molecular weight is 248 g/mol. The van der Waals surface area contributed by atoms with Crippen molar-refractivity contribution in [3.05, 3.63) is 35.4 Å². The quantitative estimate of drug-likeness (QED) is 0.885. The zero-order chi connectivity index (χ0) is 13.0. The second kappa shape index (κ2) is 6.32. The highest BCUT2D eigenvalue weighted by molar-refractivity contribution is 5.23. The molecule has 100 valence electrons. The van der Waals surface area contributed by atoms with E-state index < -0.39 is 0 Å². The summed E-state index contributed by atoms with van der Waals surface area (Å²) in [6, 6.07) is 8.95. The van der Waals surface area contributed by atoms with Gasteiger partial charge < -0.3 is 10.5 Å². The number of hydrogen-bond acceptors (Lipinski definition) is 3. The third-order valence-electron chi connectivity index (χ3n) is 3.81. The summed E-state index contributed by atoms with van der Waals surface area (Å²) in [7, 11) is 1.73. The second-order valence-corrected chi connectivity index (χ2v) is 5.42. The Morgan fingerprint density at radius 2 is 2.17 bits per heavy atom. The highest BCUT2D eigenvalue weighted by Crippen LogP contribution is 2.18. The molecule has 1 aliphatic heterocycles. The Labute approximate surface area is 110 Å². The zero-order valence-corrected chi connectivity index (χ0v) is 11.4. The van der Waals surface area contributed by atoms with Crippen LogP contribution in [0.2, 0.25) is 0 Å². The highest BCUT2D eigenvalue weighted by atomic mass is 16.5. The smallest absolute Gasteiger partial charge is 0.0713 e. The lowest BCUT2D eigenvalue weighted by Gasteiger charge is -2.35. The van der Waals surface area contributed by atoms with E-state index in [2.05, 4.69) is 36.1 Å². The van der Waals surface area contributed by atoms with Gasteiger partial charge in [0, 0.05) is 26.2 Å². The van der Waals surface area contributed by atoms with Gasteiger partial charge in [0.05, 0.1) is 6.61 Å². The number of likely N-dealkylation sites (tertiary alicyclic amines) is 1. The van der Waals surface area contributed by atoms with Crippen LogP contribution >= 0.6 is 0 Å². The number of benzene rings is 1. The number of hydrogen-bond donors (Lipinski definition) is 1. The monoisotopic (exact) mass is 248 g/mol. The van der Waals surface area contributed by atoms with Crippen LogP contribution in [0, 0.1) is 5.92 Å². The molecule has 3 heteroatoms. The van der Waals surface area contributed by atoms with Crippen molar-refractivity contribution in [1.82, 2.24) is 4.90 Å². The highest BCUT2D eigenvalue weighted by Gasteiger charge is 2.22. The van der Waals surface area contributed by atoms with Gasteiger partial charge in [0.1, 0.15) is 0 Å². The molecule has 3 nitrogen and oxygen atoms in total. The van der Waals surface area contributed by atoms with Crippen molar-refractivity contribution in [1.29, 1.82) is 0 Å². The van der Waals surface area contributed by atoms with Gasteiger partial charge in [-0.05, 0) is 30.0 Å². The summed E-state index contributed by atoms with van der Waals surface area (Å²) in [6.07, 6.45) is 1.21. The first-order chi connectivity index (χ1) is 8.69. The number of rotatable bonds is 4. The SMILES string of the molecule is COCc1cccc(CN2CCC(C)C(N)C2)c1. The van der Waals surface area contributed by atoms with Crippen LogP contribution in [0.3, 0.4) is 0 Å². The summed E-state index contributed by atoms with van der Waals surface area (Å²) in [5.41, 5.74) is 8.73. The Morgan fingerprint density at radius 1 is 1.39 bits per heavy atom. The van der Waals surface area contributed by atoms with Gasteiger partial charge >= 0.3 is 0 Å². The van der Waals surface area contributed by atoms with Crippen LogP contribution in [0.4, 0.5) is 0 Å². The van der Waals surface area contributed by atoms with Crippen LogP contribution in [-0.4, -0.2) is 31.1 Å². The first kappa shape index (κ1) is 13.5. The summed E-state index contributed by atoms with van der Waals surface area (Å²) in [5, 5.41) is 0. The fourth-order valence-corrected chi connectivity index (χ4v) is 2.56. The lowest BCUT2D eigenvalue weighted by atomic mass is 9.94. The van der Waals surface area contributed by atoms with Crippen molar-refractivity contribution < 1.29 is 4.74 Å². The Balaban J connectivity index is 1.94. The van der Waals surface area contributed by atoms with E-state index in [1.54, 1.807) is 7.11 Å². The molecule has 18 heavy (non-hydrogen) atoms. The predicted octanol–water partition coefficient (Wildman–Crippen LogP) is 2.00. The topological polar surface area (TPSA) is 38.5 Å². The molecule has 2 atom stereocenters. The van der Waals surface area contributed by atoms with E-state index in [1.165, 1.54) is 17.5 Å². The molecule has 2 unspecified atom stereocenters. The predicted molar refractivity (Wildman–Crippen MR) is 74.2 cm³/mol. The summed E-state index contributed by atoms with van der Waals surface area (Å²) < 4.78 is 5.17. The van der Waals surface area contributed by atoms with Gasteiger partial charge in [0.25, 0.3) is 0 Å². The average Bonchev–Trinajstić information content (AvgIpc) is 2.35. The number of nitrogens with zero attached hydrogens (tertiary/aromatic N) is 1. The molecule has 2 rings (SSSR count). The molecule has 1 aliphatic rings. The normalized spacial score (nSPS) is 25.3. The van der Waals surface area contributed by atoms with Crippen molar-refractivity contribution >= 4 is 0 Å². The lowest BCUT2D eigenvalue weighted by molar-refractivity contribution is 0.162. The van der Waals surface area contributed by atoms with E-state index in [0.717, 1.165) is 19.6 Å². The maximum atomic E-state index is 6.14. The van der Waals surface area contributed by atoms with E-state index in [1.807, 2.05) is 0 Å². The molecule has 0 aliphatic carbocycles. The van der Waals surface area contributed by atoms with Gasteiger partial charge in [-0.1, -0.05) is 31.2 Å². The summed E-state index contributed by atoms with van der Waals surface area (Å²) in [5.74, 6) is 0.654. The van der Waals surface area contributed by atoms with Crippen LogP contribution in [0.25, 0.3) is 0 Å². The summed E-state index contributed by atoms with van der Waals surface area (Å²) >= 11 is 0. The number of methoxy groups -OCH3 is 1. The number of ether oxygens (including phenoxy) is 1. The second-order valence-electron chi connectivity index (χ2n) is 5.42. The van der Waals surface area contributed by atoms with Gasteiger partial charge in [-0.25, -0.2) is 0 Å². The molecule has 1 saturated heterocycles. The minimum absolute atomic E-state index is 0.320. The number of nitrogens with two attached hydrogens (primary N) is 1. The van der Waals surface area contributed by atoms with E-state index >= 15 is 0 Å². The van der Waals surface area contributed by atoms with Crippen molar-refractivity contribution in [2.75, 3.05) is 20.2 Å². The van der Waals surface area contributed by atoms with E-state index in [-0.39, 0.29) is 0 Å². The number of piperidine rings is 1. The minimum Gasteiger partial charge on any atom is -0.380 e. The molecule has 0 spiro atoms. The van der Waals surface area contributed by atoms with Gasteiger partial charge in [-0.2, -0.15) is 0 Å². The van der Waals surface area contributed by atoms with Crippen molar-refractivity contribution in [2.45, 2.75) is 32.5 Å². The molecule has 0 bridgehead atoms. The largest absolute Gasteiger partial charge is 0.380 e. The molecule has 1 aromatic carbocycles. The molecule has 1 fully saturated rings. The Hall–Kier alpha value is -0.900. The molecule has 0 radical (unpaired) electrons. The molecular weight excluding hydrogens is 224 g/mol. The molecule has 2 N–H and O–H groups in total. The van der Waals surface area contributed by atoms with Crippen LogP contribution in [-0.2, 0) is 17.9 Å². The fraction of sp³-hybridized carbons (Fsp3) is 0.600. The van der Waals surface area contributed by atoms with E-state index in [4.69, 9.17) is 10.5 Å². The molecule has 0 saturated carbocycles. The Bertz CT molecular complexity index is 381. The molecule has 1 aromatic rings. The van der Waals surface area contributed by atoms with Gasteiger partial charge in [-0.15, -0.1) is 0 Å². The van der Waals surface area contributed by atoms with Crippen LogP contribution in [0.1, 0.15) is 24.5 Å². The van der Waals surface area contributed by atoms with Crippen LogP contribution in [0.5, 0.6) is 0 Å². The van der Waals surface area contributed by atoms with Crippen LogP contribution < -0.4 is 5.73 Å². The zero-order valence-electron chi connectivity index (χ0n) is 11.4. The maximum absolute atomic E-state index is 6.14. The molecule has 1 heterocycles.